The zero-order valence-corrected chi connectivity index (χ0v) is 15.2. The molecule has 0 spiro atoms. The molecule has 0 fully saturated rings. The average molecular weight is 350 g/mol. The van der Waals surface area contributed by atoms with Gasteiger partial charge in [-0.2, -0.15) is 0 Å². The van der Waals surface area contributed by atoms with Gasteiger partial charge in [-0.1, -0.05) is 103 Å². The Morgan fingerprint density at radius 1 is 0.481 bits per heavy atom. The predicted octanol–water partition coefficient (Wildman–Crippen LogP) is 6.22. The Labute approximate surface area is 160 Å². The molecule has 0 amide bonds. The molecule has 0 atom stereocenters. The van der Waals surface area contributed by atoms with Crippen molar-refractivity contribution < 1.29 is 5.11 Å². The second-order valence-electron chi connectivity index (χ2n) is 6.59. The zero-order chi connectivity index (χ0) is 18.5. The summed E-state index contributed by atoms with van der Waals surface area (Å²) in [5, 5.41) is 9.64. The van der Waals surface area contributed by atoms with Crippen molar-refractivity contribution in [3.05, 3.63) is 109 Å². The molecule has 0 aliphatic carbocycles. The predicted molar refractivity (Wildman–Crippen MR) is 114 cm³/mol. The van der Waals surface area contributed by atoms with Crippen LogP contribution in [0.2, 0.25) is 0 Å². The van der Waals surface area contributed by atoms with Crippen LogP contribution in [0.3, 0.4) is 0 Å². The zero-order valence-electron chi connectivity index (χ0n) is 15.2. The number of rotatable bonds is 5. The molecule has 0 heterocycles. The highest BCUT2D eigenvalue weighted by Gasteiger charge is 2.17. The lowest BCUT2D eigenvalue weighted by molar-refractivity contribution is 0.300. The largest absolute Gasteiger partial charge is 0.396 e. The summed E-state index contributed by atoms with van der Waals surface area (Å²) in [6.07, 6.45) is 0.638. The highest BCUT2D eigenvalue weighted by Crippen LogP contribution is 2.42. The number of aliphatic hydroxyl groups is 1. The Balaban J connectivity index is 2.08. The Morgan fingerprint density at radius 2 is 0.963 bits per heavy atom. The molecule has 4 aromatic rings. The summed E-state index contributed by atoms with van der Waals surface area (Å²) in [5.74, 6) is 0. The molecule has 4 rings (SSSR count). The van der Waals surface area contributed by atoms with Crippen molar-refractivity contribution in [1.29, 1.82) is 0 Å². The lowest BCUT2D eigenvalue weighted by atomic mass is 9.84. The number of aliphatic hydroxyl groups excluding tert-OH is 1. The van der Waals surface area contributed by atoms with Crippen molar-refractivity contribution in [2.45, 2.75) is 6.42 Å². The van der Waals surface area contributed by atoms with E-state index in [0.29, 0.717) is 6.42 Å². The molecule has 0 aliphatic rings. The second kappa shape index (κ2) is 8.03. The molecular weight excluding hydrogens is 328 g/mol. The van der Waals surface area contributed by atoms with Crippen LogP contribution in [0.4, 0.5) is 0 Å². The van der Waals surface area contributed by atoms with Crippen molar-refractivity contribution in [2.75, 3.05) is 6.61 Å². The highest BCUT2D eigenvalue weighted by atomic mass is 16.2. The summed E-state index contributed by atoms with van der Waals surface area (Å²) in [6, 6.07) is 35.9. The van der Waals surface area contributed by atoms with Crippen LogP contribution in [0.25, 0.3) is 33.4 Å². The first kappa shape index (κ1) is 17.3. The van der Waals surface area contributed by atoms with E-state index in [-0.39, 0.29) is 6.61 Å². The first-order chi connectivity index (χ1) is 13.4. The quantitative estimate of drug-likeness (QED) is 0.453. The summed E-state index contributed by atoms with van der Waals surface area (Å²) < 4.78 is 0. The minimum atomic E-state index is 0.138. The van der Waals surface area contributed by atoms with Crippen molar-refractivity contribution in [2.24, 2.45) is 0 Å². The van der Waals surface area contributed by atoms with E-state index < -0.39 is 0 Å². The van der Waals surface area contributed by atoms with Gasteiger partial charge >= 0.3 is 0 Å². The van der Waals surface area contributed by atoms with E-state index in [4.69, 9.17) is 0 Å². The molecular formula is C26H22O. The third-order valence-electron chi connectivity index (χ3n) is 4.88. The molecule has 132 valence electrons. The van der Waals surface area contributed by atoms with Gasteiger partial charge < -0.3 is 5.11 Å². The summed E-state index contributed by atoms with van der Waals surface area (Å²) in [4.78, 5) is 0. The fourth-order valence-corrected chi connectivity index (χ4v) is 3.67. The third-order valence-corrected chi connectivity index (χ3v) is 4.88. The van der Waals surface area contributed by atoms with Crippen molar-refractivity contribution >= 4 is 0 Å². The molecule has 0 radical (unpaired) electrons. The lowest BCUT2D eigenvalue weighted by Crippen LogP contribution is -1.99. The topological polar surface area (TPSA) is 20.2 Å². The maximum atomic E-state index is 9.64. The smallest absolute Gasteiger partial charge is 0.0471 e. The maximum absolute atomic E-state index is 9.64. The first-order valence-electron chi connectivity index (χ1n) is 9.31. The normalized spacial score (nSPS) is 10.7. The maximum Gasteiger partial charge on any atom is 0.0471 e. The third kappa shape index (κ3) is 3.55. The van der Waals surface area contributed by atoms with Crippen LogP contribution in [0.1, 0.15) is 5.56 Å². The van der Waals surface area contributed by atoms with Gasteiger partial charge in [0.25, 0.3) is 0 Å². The lowest BCUT2D eigenvalue weighted by Gasteiger charge is -2.20. The van der Waals surface area contributed by atoms with Crippen LogP contribution in [-0.2, 0) is 6.42 Å². The first-order valence-corrected chi connectivity index (χ1v) is 9.31. The number of benzene rings is 4. The second-order valence-corrected chi connectivity index (χ2v) is 6.59. The van der Waals surface area contributed by atoms with Crippen LogP contribution in [-0.4, -0.2) is 11.7 Å². The van der Waals surface area contributed by atoms with Gasteiger partial charge in [-0.15, -0.1) is 0 Å². The Bertz CT molecular complexity index is 1010. The minimum absolute atomic E-state index is 0.138. The minimum Gasteiger partial charge on any atom is -0.396 e. The fraction of sp³-hybridized carbons (Fsp3) is 0.0769. The van der Waals surface area contributed by atoms with E-state index in [2.05, 4.69) is 84.9 Å². The molecule has 0 saturated carbocycles. The summed E-state index contributed by atoms with van der Waals surface area (Å²) in [7, 11) is 0. The summed E-state index contributed by atoms with van der Waals surface area (Å²) in [5.41, 5.74) is 8.37. The average Bonchev–Trinajstić information content (AvgIpc) is 2.75. The Kier molecular flexibility index (Phi) is 5.13. The van der Waals surface area contributed by atoms with Crippen molar-refractivity contribution in [1.82, 2.24) is 0 Å². The highest BCUT2D eigenvalue weighted by molar-refractivity contribution is 5.96. The SMILES string of the molecule is OCCc1ccc(-c2ccccc2)c(-c2ccccc2)c1-c1ccccc1. The van der Waals surface area contributed by atoms with E-state index in [1.54, 1.807) is 0 Å². The van der Waals surface area contributed by atoms with Gasteiger partial charge in [-0.05, 0) is 45.4 Å². The molecule has 27 heavy (non-hydrogen) atoms. The van der Waals surface area contributed by atoms with Gasteiger partial charge in [0, 0.05) is 6.61 Å². The Hall–Kier alpha value is -3.16. The molecule has 1 N–H and O–H groups in total. The van der Waals surface area contributed by atoms with Crippen LogP contribution in [0.15, 0.2) is 103 Å². The van der Waals surface area contributed by atoms with Gasteiger partial charge in [0.1, 0.15) is 0 Å². The van der Waals surface area contributed by atoms with Crippen LogP contribution >= 0.6 is 0 Å². The summed E-state index contributed by atoms with van der Waals surface area (Å²) >= 11 is 0. The van der Waals surface area contributed by atoms with Crippen LogP contribution < -0.4 is 0 Å². The molecule has 0 aliphatic heterocycles. The molecule has 4 aromatic carbocycles. The van der Waals surface area contributed by atoms with E-state index in [1.807, 2.05) is 18.2 Å². The van der Waals surface area contributed by atoms with Crippen molar-refractivity contribution in [3.63, 3.8) is 0 Å². The molecule has 0 unspecified atom stereocenters. The van der Waals surface area contributed by atoms with E-state index >= 15 is 0 Å². The summed E-state index contributed by atoms with van der Waals surface area (Å²) in [6.45, 7) is 0.138. The number of hydrogen-bond acceptors (Lipinski definition) is 1. The van der Waals surface area contributed by atoms with Gasteiger partial charge in [0.15, 0.2) is 0 Å². The van der Waals surface area contributed by atoms with Crippen LogP contribution in [0, 0.1) is 0 Å². The Morgan fingerprint density at radius 3 is 1.48 bits per heavy atom. The molecule has 0 aromatic heterocycles. The molecule has 1 heteroatoms. The number of hydrogen-bond donors (Lipinski definition) is 1. The molecule has 1 nitrogen and oxygen atoms in total. The standard InChI is InChI=1S/C26H22O/c27-19-18-23-16-17-24(20-10-4-1-5-11-20)26(22-14-8-3-9-15-22)25(23)21-12-6-2-7-13-21/h1-17,27H,18-19H2. The van der Waals surface area contributed by atoms with E-state index in [0.717, 1.165) is 0 Å². The van der Waals surface area contributed by atoms with Crippen molar-refractivity contribution in [3.8, 4) is 33.4 Å². The van der Waals surface area contributed by atoms with Gasteiger partial charge in [0.05, 0.1) is 0 Å². The van der Waals surface area contributed by atoms with Crippen LogP contribution in [0.5, 0.6) is 0 Å². The van der Waals surface area contributed by atoms with E-state index in [1.165, 1.54) is 38.9 Å². The van der Waals surface area contributed by atoms with E-state index in [9.17, 15) is 5.11 Å². The monoisotopic (exact) mass is 350 g/mol. The van der Waals surface area contributed by atoms with Gasteiger partial charge in [-0.25, -0.2) is 0 Å². The fourth-order valence-electron chi connectivity index (χ4n) is 3.67. The van der Waals surface area contributed by atoms with Gasteiger partial charge in [0.2, 0.25) is 0 Å². The molecule has 0 saturated heterocycles. The molecule has 0 bridgehead atoms. The van der Waals surface area contributed by atoms with Gasteiger partial charge in [-0.3, -0.25) is 0 Å².